The molecule has 2 N–H and O–H groups in total. The van der Waals surface area contributed by atoms with Crippen LogP contribution in [0.1, 0.15) is 43.4 Å². The van der Waals surface area contributed by atoms with Gasteiger partial charge in [0.1, 0.15) is 6.33 Å². The van der Waals surface area contributed by atoms with E-state index < -0.39 is 0 Å². The maximum absolute atomic E-state index is 16.3. The molecule has 0 aromatic carbocycles. The Balaban J connectivity index is 1.59. The van der Waals surface area contributed by atoms with Crippen LogP contribution in [0.2, 0.25) is 0 Å². The van der Waals surface area contributed by atoms with Gasteiger partial charge in [-0.15, -0.1) is 0 Å². The number of piperazine rings is 1. The highest BCUT2D eigenvalue weighted by molar-refractivity contribution is 5.94. The highest BCUT2D eigenvalue weighted by atomic mass is 19.1. The Labute approximate surface area is 209 Å². The van der Waals surface area contributed by atoms with Gasteiger partial charge in [-0.25, -0.2) is 18.9 Å². The number of nitrogens with one attached hydrogen (secondary N) is 2. The number of aromatic nitrogens is 5. The second-order valence-corrected chi connectivity index (χ2v) is 10.0. The van der Waals surface area contributed by atoms with Gasteiger partial charge >= 0.3 is 0 Å². The van der Waals surface area contributed by atoms with Gasteiger partial charge in [0.2, 0.25) is 5.91 Å². The van der Waals surface area contributed by atoms with Gasteiger partial charge in [-0.3, -0.25) is 9.69 Å². The van der Waals surface area contributed by atoms with Gasteiger partial charge < -0.3 is 15.2 Å². The second kappa shape index (κ2) is 9.16. The third-order valence-corrected chi connectivity index (χ3v) is 7.40. The second-order valence-electron chi connectivity index (χ2n) is 10.0. The summed E-state index contributed by atoms with van der Waals surface area (Å²) in [5.74, 6) is 0.118. The number of halogens is 1. The predicted octanol–water partition coefficient (Wildman–Crippen LogP) is 3.41. The lowest BCUT2D eigenvalue weighted by Gasteiger charge is -2.40. The predicted molar refractivity (Wildman–Crippen MR) is 139 cm³/mol. The number of hydrogen-bond acceptors (Lipinski definition) is 6. The Morgan fingerprint density at radius 1 is 1.25 bits per heavy atom. The fourth-order valence-electron chi connectivity index (χ4n) is 5.38. The molecular weight excluding hydrogens is 459 g/mol. The van der Waals surface area contributed by atoms with Crippen molar-refractivity contribution in [2.75, 3.05) is 38.1 Å². The van der Waals surface area contributed by atoms with Crippen molar-refractivity contribution in [1.29, 1.82) is 0 Å². The van der Waals surface area contributed by atoms with Gasteiger partial charge in [-0.1, -0.05) is 13.8 Å². The SMILES string of the molecule is CNC(=O)CN1CCN(c2ncc3[nH]c(-c4cn5ncnc5c(C)c4C)c(C(C)C)c3c2F)[C@H](C)C1. The molecule has 1 saturated heterocycles. The van der Waals surface area contributed by atoms with Crippen LogP contribution in [0.5, 0.6) is 0 Å². The summed E-state index contributed by atoms with van der Waals surface area (Å²) >= 11 is 0. The number of carbonyl (C=O) groups is 1. The average molecular weight is 493 g/mol. The average Bonchev–Trinajstić information content (AvgIpc) is 3.47. The summed E-state index contributed by atoms with van der Waals surface area (Å²) < 4.78 is 18.1. The van der Waals surface area contributed by atoms with Crippen molar-refractivity contribution in [3.63, 3.8) is 0 Å². The van der Waals surface area contributed by atoms with Crippen molar-refractivity contribution >= 4 is 28.3 Å². The maximum atomic E-state index is 16.3. The molecule has 1 amide bonds. The molecule has 0 unspecified atom stereocenters. The Bertz CT molecular complexity index is 1460. The first kappa shape index (κ1) is 24.2. The highest BCUT2D eigenvalue weighted by Crippen LogP contribution is 2.40. The van der Waals surface area contributed by atoms with Crippen LogP contribution in [0, 0.1) is 19.7 Å². The lowest BCUT2D eigenvalue weighted by atomic mass is 9.94. The zero-order chi connectivity index (χ0) is 25.7. The first-order valence-electron chi connectivity index (χ1n) is 12.4. The molecule has 5 rings (SSSR count). The maximum Gasteiger partial charge on any atom is 0.233 e. The van der Waals surface area contributed by atoms with Crippen LogP contribution in [0.25, 0.3) is 27.8 Å². The number of amides is 1. The van der Waals surface area contributed by atoms with E-state index in [-0.39, 0.29) is 23.7 Å². The number of H-pyrrole nitrogens is 1. The topological polar surface area (TPSA) is 94.5 Å². The monoisotopic (exact) mass is 492 g/mol. The van der Waals surface area contributed by atoms with Crippen molar-refractivity contribution in [3.8, 4) is 11.3 Å². The fourth-order valence-corrected chi connectivity index (χ4v) is 5.38. The first-order valence-corrected chi connectivity index (χ1v) is 12.4. The molecule has 10 heteroatoms. The minimum absolute atomic E-state index is 0.0163. The molecule has 0 saturated carbocycles. The van der Waals surface area contributed by atoms with Gasteiger partial charge in [-0.2, -0.15) is 5.10 Å². The minimum Gasteiger partial charge on any atom is -0.358 e. The van der Waals surface area contributed by atoms with E-state index in [2.05, 4.69) is 51.0 Å². The number of carbonyl (C=O) groups excluding carboxylic acids is 1. The molecule has 4 aromatic heterocycles. The lowest BCUT2D eigenvalue weighted by Crippen LogP contribution is -2.54. The van der Waals surface area contributed by atoms with E-state index in [9.17, 15) is 4.79 Å². The minimum atomic E-state index is -0.304. The number of aryl methyl sites for hydroxylation is 1. The van der Waals surface area contributed by atoms with Gasteiger partial charge in [0.15, 0.2) is 17.3 Å². The van der Waals surface area contributed by atoms with Gasteiger partial charge in [0, 0.05) is 49.9 Å². The van der Waals surface area contributed by atoms with E-state index >= 15 is 4.39 Å². The number of hydrogen-bond donors (Lipinski definition) is 2. The van der Waals surface area contributed by atoms with Crippen LogP contribution in [-0.4, -0.2) is 74.6 Å². The quantitative estimate of drug-likeness (QED) is 0.444. The van der Waals surface area contributed by atoms with Crippen molar-refractivity contribution in [2.45, 2.75) is 46.6 Å². The normalized spacial score (nSPS) is 17.0. The Morgan fingerprint density at radius 3 is 2.72 bits per heavy atom. The van der Waals surface area contributed by atoms with Crippen molar-refractivity contribution < 1.29 is 9.18 Å². The highest BCUT2D eigenvalue weighted by Gasteiger charge is 2.30. The van der Waals surface area contributed by atoms with E-state index in [1.54, 1.807) is 24.1 Å². The summed E-state index contributed by atoms with van der Waals surface area (Å²) in [6.45, 7) is 12.6. The summed E-state index contributed by atoms with van der Waals surface area (Å²) in [4.78, 5) is 28.3. The summed E-state index contributed by atoms with van der Waals surface area (Å²) in [5, 5.41) is 7.59. The third-order valence-electron chi connectivity index (χ3n) is 7.40. The zero-order valence-electron chi connectivity index (χ0n) is 21.7. The molecular formula is C26H33FN8O. The van der Waals surface area contributed by atoms with Crippen LogP contribution in [-0.2, 0) is 4.79 Å². The first-order chi connectivity index (χ1) is 17.2. The summed E-state index contributed by atoms with van der Waals surface area (Å²) in [5.41, 5.74) is 6.41. The number of pyridine rings is 2. The van der Waals surface area contributed by atoms with E-state index in [0.29, 0.717) is 42.9 Å². The molecule has 0 bridgehead atoms. The summed E-state index contributed by atoms with van der Waals surface area (Å²) in [7, 11) is 1.64. The van der Waals surface area contributed by atoms with Crippen LogP contribution < -0.4 is 10.2 Å². The molecule has 0 radical (unpaired) electrons. The summed E-state index contributed by atoms with van der Waals surface area (Å²) in [6.07, 6.45) is 5.25. The molecule has 0 spiro atoms. The summed E-state index contributed by atoms with van der Waals surface area (Å²) in [6, 6.07) is 0.0170. The van der Waals surface area contributed by atoms with Crippen molar-refractivity contribution in [3.05, 3.63) is 41.2 Å². The van der Waals surface area contributed by atoms with Crippen LogP contribution >= 0.6 is 0 Å². The number of rotatable bonds is 5. The largest absolute Gasteiger partial charge is 0.358 e. The van der Waals surface area contributed by atoms with Crippen LogP contribution in [0.3, 0.4) is 0 Å². The standard InChI is InChI=1S/C26H33FN8O/c1-14(2)21-22-19(32-24(21)18-11-35-25(30-13-31-35)17(5)16(18)4)9-29-26(23(22)27)34-8-7-33(10-15(34)3)12-20(36)28-6/h9,11,13-15,32H,7-8,10,12H2,1-6H3,(H,28,36)/t15-/m1/s1. The van der Waals surface area contributed by atoms with E-state index in [0.717, 1.165) is 33.6 Å². The van der Waals surface area contributed by atoms with Gasteiger partial charge in [0.05, 0.1) is 24.0 Å². The molecule has 190 valence electrons. The number of fused-ring (bicyclic) bond motifs is 2. The molecule has 9 nitrogen and oxygen atoms in total. The number of likely N-dealkylation sites (N-methyl/N-ethyl adjacent to an activating group) is 1. The molecule has 1 fully saturated rings. The fraction of sp³-hybridized carbons (Fsp3) is 0.462. The smallest absolute Gasteiger partial charge is 0.233 e. The third kappa shape index (κ3) is 3.89. The van der Waals surface area contributed by atoms with Gasteiger partial charge in [-0.05, 0) is 43.4 Å². The molecule has 36 heavy (non-hydrogen) atoms. The number of anilines is 1. The molecule has 1 aliphatic rings. The number of aromatic amines is 1. The lowest BCUT2D eigenvalue weighted by molar-refractivity contribution is -0.121. The van der Waals surface area contributed by atoms with Crippen molar-refractivity contribution in [2.24, 2.45) is 0 Å². The molecule has 1 atom stereocenters. The van der Waals surface area contributed by atoms with Crippen LogP contribution in [0.15, 0.2) is 18.7 Å². The van der Waals surface area contributed by atoms with E-state index in [1.807, 2.05) is 24.9 Å². The Hall–Kier alpha value is -3.53. The van der Waals surface area contributed by atoms with Crippen molar-refractivity contribution in [1.82, 2.24) is 34.8 Å². The van der Waals surface area contributed by atoms with E-state index in [1.165, 1.54) is 0 Å². The van der Waals surface area contributed by atoms with Gasteiger partial charge in [0.25, 0.3) is 0 Å². The Morgan fingerprint density at radius 2 is 2.03 bits per heavy atom. The van der Waals surface area contributed by atoms with E-state index in [4.69, 9.17) is 0 Å². The zero-order valence-corrected chi connectivity index (χ0v) is 21.7. The number of nitrogens with zero attached hydrogens (tertiary/aromatic N) is 6. The molecule has 0 aliphatic carbocycles. The Kier molecular flexibility index (Phi) is 6.15. The molecule has 4 aromatic rings. The molecule has 5 heterocycles. The van der Waals surface area contributed by atoms with Crippen LogP contribution in [0.4, 0.5) is 10.2 Å². The molecule has 1 aliphatic heterocycles.